The Morgan fingerprint density at radius 1 is 1.37 bits per heavy atom. The topological polar surface area (TPSA) is 42.4 Å². The minimum Gasteiger partial charge on any atom is -0.474 e. The van der Waals surface area contributed by atoms with Gasteiger partial charge in [0.25, 0.3) is 0 Å². The van der Waals surface area contributed by atoms with E-state index in [0.29, 0.717) is 12.3 Å². The first-order chi connectivity index (χ1) is 12.7. The number of carbonyl (C=O) groups excluding carboxylic acids is 1. The number of ether oxygens (including phenoxy) is 1. The van der Waals surface area contributed by atoms with Gasteiger partial charge in [0, 0.05) is 49.1 Å². The largest absolute Gasteiger partial charge is 0.474 e. The van der Waals surface area contributed by atoms with Gasteiger partial charge < -0.3 is 9.64 Å². The summed E-state index contributed by atoms with van der Waals surface area (Å²) >= 11 is 0. The standard InChI is InChI=1S/C23H32N2O2/c1-16(2)25(6)15-18(4)22(26)11-10-20-8-7-9-21(14-20)27-23-13-17(3)12-19(5)24-23/h8,12-13,15,21H,1,7,9-11,14H2,2-6H3/b18-15+/t21-/m1/s1. The lowest BCUT2D eigenvalue weighted by Gasteiger charge is -2.24. The molecule has 1 aromatic rings. The highest BCUT2D eigenvalue weighted by atomic mass is 16.5. The van der Waals surface area contributed by atoms with Gasteiger partial charge in [0.1, 0.15) is 6.10 Å². The summed E-state index contributed by atoms with van der Waals surface area (Å²) in [6.45, 7) is 11.7. The maximum absolute atomic E-state index is 12.4. The third-order valence-electron chi connectivity index (χ3n) is 4.88. The lowest BCUT2D eigenvalue weighted by molar-refractivity contribution is -0.115. The second kappa shape index (κ2) is 9.54. The van der Waals surface area contributed by atoms with Crippen molar-refractivity contribution in [2.75, 3.05) is 7.05 Å². The minimum absolute atomic E-state index is 0.139. The van der Waals surface area contributed by atoms with Crippen LogP contribution in [0.3, 0.4) is 0 Å². The van der Waals surface area contributed by atoms with E-state index in [1.807, 2.05) is 51.1 Å². The Morgan fingerprint density at radius 2 is 2.11 bits per heavy atom. The summed E-state index contributed by atoms with van der Waals surface area (Å²) in [5.41, 5.74) is 5.13. The average molecular weight is 369 g/mol. The first-order valence-electron chi connectivity index (χ1n) is 9.64. The van der Waals surface area contributed by atoms with Crippen molar-refractivity contribution >= 4 is 5.78 Å². The molecule has 0 unspecified atom stereocenters. The summed E-state index contributed by atoms with van der Waals surface area (Å²) < 4.78 is 6.12. The van der Waals surface area contributed by atoms with Gasteiger partial charge in [-0.1, -0.05) is 18.2 Å². The normalized spacial score (nSPS) is 17.3. The molecule has 0 fully saturated rings. The first kappa shape index (κ1) is 20.9. The van der Waals surface area contributed by atoms with Crippen molar-refractivity contribution in [3.05, 3.63) is 59.1 Å². The maximum Gasteiger partial charge on any atom is 0.213 e. The number of ketones is 1. The van der Waals surface area contributed by atoms with E-state index in [2.05, 4.69) is 24.6 Å². The SMILES string of the molecule is C=C(C)N(C)/C=C(\C)C(=O)CCC1=CCC[C@@H](Oc2cc(C)cc(C)n2)C1. The lowest BCUT2D eigenvalue weighted by atomic mass is 9.92. The van der Waals surface area contributed by atoms with E-state index >= 15 is 0 Å². The monoisotopic (exact) mass is 368 g/mol. The molecule has 1 aliphatic rings. The number of hydrogen-bond donors (Lipinski definition) is 0. The number of carbonyl (C=O) groups is 1. The molecule has 0 saturated heterocycles. The molecule has 0 saturated carbocycles. The van der Waals surface area contributed by atoms with Crippen molar-refractivity contribution in [1.82, 2.24) is 9.88 Å². The molecular formula is C23H32N2O2. The van der Waals surface area contributed by atoms with Crippen LogP contribution in [-0.4, -0.2) is 28.8 Å². The molecule has 1 aromatic heterocycles. The van der Waals surface area contributed by atoms with E-state index < -0.39 is 0 Å². The van der Waals surface area contributed by atoms with Crippen LogP contribution in [0.5, 0.6) is 5.88 Å². The number of allylic oxidation sites excluding steroid dienone is 3. The third-order valence-corrected chi connectivity index (χ3v) is 4.88. The summed E-state index contributed by atoms with van der Waals surface area (Å²) in [5.74, 6) is 0.888. The van der Waals surface area contributed by atoms with Crippen LogP contribution in [0.2, 0.25) is 0 Å². The second-order valence-corrected chi connectivity index (χ2v) is 7.59. The maximum atomic E-state index is 12.4. The summed E-state index contributed by atoms with van der Waals surface area (Å²) in [7, 11) is 1.91. The quantitative estimate of drug-likeness (QED) is 0.463. The number of rotatable bonds is 8. The Balaban J connectivity index is 1.88. The highest BCUT2D eigenvalue weighted by molar-refractivity contribution is 5.94. The molecule has 27 heavy (non-hydrogen) atoms. The van der Waals surface area contributed by atoms with Gasteiger partial charge in [-0.2, -0.15) is 0 Å². The Kier molecular flexibility index (Phi) is 7.40. The molecule has 2 rings (SSSR count). The summed E-state index contributed by atoms with van der Waals surface area (Å²) in [6.07, 6.45) is 8.45. The van der Waals surface area contributed by atoms with Crippen LogP contribution < -0.4 is 4.74 Å². The molecule has 0 radical (unpaired) electrons. The number of Topliss-reactive ketones (excluding diaryl/α,β-unsaturated/α-hetero) is 1. The van der Waals surface area contributed by atoms with E-state index in [1.165, 1.54) is 5.57 Å². The summed E-state index contributed by atoms with van der Waals surface area (Å²) in [6, 6.07) is 4.03. The van der Waals surface area contributed by atoms with Crippen molar-refractivity contribution in [1.29, 1.82) is 0 Å². The molecule has 1 atom stereocenters. The molecule has 0 aliphatic heterocycles. The van der Waals surface area contributed by atoms with E-state index in [0.717, 1.165) is 48.2 Å². The van der Waals surface area contributed by atoms with Crippen LogP contribution in [0.4, 0.5) is 0 Å². The van der Waals surface area contributed by atoms with Crippen molar-refractivity contribution in [3.63, 3.8) is 0 Å². The van der Waals surface area contributed by atoms with Crippen LogP contribution in [0.25, 0.3) is 0 Å². The minimum atomic E-state index is 0.139. The molecule has 1 aliphatic carbocycles. The zero-order valence-electron chi connectivity index (χ0n) is 17.3. The Labute approximate surface area is 163 Å². The lowest BCUT2D eigenvalue weighted by Crippen LogP contribution is -2.21. The molecule has 146 valence electrons. The highest BCUT2D eigenvalue weighted by Gasteiger charge is 2.19. The predicted octanol–water partition coefficient (Wildman–Crippen LogP) is 5.27. The van der Waals surface area contributed by atoms with Gasteiger partial charge in [0.05, 0.1) is 0 Å². The van der Waals surface area contributed by atoms with Crippen LogP contribution in [-0.2, 0) is 4.79 Å². The van der Waals surface area contributed by atoms with Gasteiger partial charge in [-0.15, -0.1) is 0 Å². The fourth-order valence-electron chi connectivity index (χ4n) is 3.24. The first-order valence-corrected chi connectivity index (χ1v) is 9.64. The average Bonchev–Trinajstić information content (AvgIpc) is 2.58. The molecule has 1 heterocycles. The predicted molar refractivity (Wildman–Crippen MR) is 111 cm³/mol. The smallest absolute Gasteiger partial charge is 0.213 e. The molecule has 0 bridgehead atoms. The van der Waals surface area contributed by atoms with Crippen molar-refractivity contribution in [3.8, 4) is 5.88 Å². The zero-order valence-corrected chi connectivity index (χ0v) is 17.3. The fraction of sp³-hybridized carbons (Fsp3) is 0.478. The number of pyridine rings is 1. The molecule has 4 nitrogen and oxygen atoms in total. The second-order valence-electron chi connectivity index (χ2n) is 7.59. The van der Waals surface area contributed by atoms with Crippen molar-refractivity contribution < 1.29 is 9.53 Å². The summed E-state index contributed by atoms with van der Waals surface area (Å²) in [4.78, 5) is 18.8. The Bertz CT molecular complexity index is 741. The highest BCUT2D eigenvalue weighted by Crippen LogP contribution is 2.26. The fourth-order valence-corrected chi connectivity index (χ4v) is 3.24. The Hall–Kier alpha value is -2.36. The van der Waals surface area contributed by atoms with Crippen LogP contribution >= 0.6 is 0 Å². The van der Waals surface area contributed by atoms with Gasteiger partial charge in [-0.25, -0.2) is 4.98 Å². The number of hydrogen-bond acceptors (Lipinski definition) is 4. The van der Waals surface area contributed by atoms with E-state index in [4.69, 9.17) is 4.74 Å². The van der Waals surface area contributed by atoms with Gasteiger partial charge in [-0.3, -0.25) is 4.79 Å². The van der Waals surface area contributed by atoms with Crippen LogP contribution in [0.1, 0.15) is 57.2 Å². The van der Waals surface area contributed by atoms with Crippen molar-refractivity contribution in [2.45, 2.75) is 65.9 Å². The molecule has 0 spiro atoms. The number of nitrogens with zero attached hydrogens (tertiary/aromatic N) is 2. The number of aromatic nitrogens is 1. The molecule has 0 aromatic carbocycles. The van der Waals surface area contributed by atoms with Crippen LogP contribution in [0.15, 0.2) is 47.8 Å². The van der Waals surface area contributed by atoms with E-state index in [1.54, 1.807) is 0 Å². The molecular weight excluding hydrogens is 336 g/mol. The zero-order chi connectivity index (χ0) is 20.0. The van der Waals surface area contributed by atoms with Crippen LogP contribution in [0, 0.1) is 13.8 Å². The molecule has 0 N–H and O–H groups in total. The van der Waals surface area contributed by atoms with Gasteiger partial charge in [0.2, 0.25) is 5.88 Å². The Morgan fingerprint density at radius 3 is 2.78 bits per heavy atom. The third kappa shape index (κ3) is 6.70. The van der Waals surface area contributed by atoms with Gasteiger partial charge in [0.15, 0.2) is 5.78 Å². The van der Waals surface area contributed by atoms with E-state index in [9.17, 15) is 4.79 Å². The molecule has 4 heteroatoms. The van der Waals surface area contributed by atoms with Gasteiger partial charge in [-0.05, 0) is 58.6 Å². The molecule has 0 amide bonds. The summed E-state index contributed by atoms with van der Waals surface area (Å²) in [5, 5.41) is 0. The van der Waals surface area contributed by atoms with Crippen molar-refractivity contribution in [2.24, 2.45) is 0 Å². The number of aryl methyl sites for hydroxylation is 2. The van der Waals surface area contributed by atoms with Gasteiger partial charge >= 0.3 is 0 Å². The van der Waals surface area contributed by atoms with E-state index in [-0.39, 0.29) is 11.9 Å².